The third-order valence-electron chi connectivity index (χ3n) is 2.65. The van der Waals surface area contributed by atoms with E-state index in [-0.39, 0.29) is 42.7 Å². The topological polar surface area (TPSA) is 83.1 Å². The zero-order chi connectivity index (χ0) is 13.0. The number of thiazole rings is 1. The number of aromatic nitrogens is 1. The van der Waals surface area contributed by atoms with Gasteiger partial charge in [-0.05, 0) is 19.4 Å². The lowest BCUT2D eigenvalue weighted by Crippen LogP contribution is -2.45. The minimum absolute atomic E-state index is 0. The molecular formula is C11H18Cl2N4O2S. The van der Waals surface area contributed by atoms with Crippen LogP contribution in [0.1, 0.15) is 30.3 Å². The molecule has 0 bridgehead atoms. The number of amides is 2. The number of nitrogens with one attached hydrogen (secondary N) is 3. The molecule has 1 fully saturated rings. The quantitative estimate of drug-likeness (QED) is 0.777. The van der Waals surface area contributed by atoms with Crippen molar-refractivity contribution < 1.29 is 9.59 Å². The molecule has 6 nitrogen and oxygen atoms in total. The van der Waals surface area contributed by atoms with Crippen LogP contribution >= 0.6 is 36.2 Å². The first-order chi connectivity index (χ1) is 8.65. The maximum absolute atomic E-state index is 11.9. The summed E-state index contributed by atoms with van der Waals surface area (Å²) in [4.78, 5) is 26.8. The van der Waals surface area contributed by atoms with Gasteiger partial charge in [-0.25, -0.2) is 4.98 Å². The van der Waals surface area contributed by atoms with Gasteiger partial charge in [0.15, 0.2) is 5.13 Å². The standard InChI is InChI=1S/C11H16N4O2S.2ClH/c1-7(16)13-11-15-9(6-18-11)10(17)14-8-3-2-4-12-5-8;;/h6,8,12H,2-5H2,1H3,(H,14,17)(H,13,15,16);2*1H/t8-;;/m0../s1. The Hall–Kier alpha value is -0.890. The van der Waals surface area contributed by atoms with Gasteiger partial charge in [-0.1, -0.05) is 0 Å². The number of piperidine rings is 1. The van der Waals surface area contributed by atoms with Gasteiger partial charge in [-0.2, -0.15) is 0 Å². The molecule has 0 unspecified atom stereocenters. The molecule has 2 heterocycles. The summed E-state index contributed by atoms with van der Waals surface area (Å²) in [7, 11) is 0. The normalized spacial score (nSPS) is 17.4. The molecule has 9 heteroatoms. The maximum Gasteiger partial charge on any atom is 0.271 e. The molecule has 0 aromatic carbocycles. The number of hydrogen-bond acceptors (Lipinski definition) is 5. The largest absolute Gasteiger partial charge is 0.347 e. The Balaban J connectivity index is 0.00000180. The average Bonchev–Trinajstić information content (AvgIpc) is 2.78. The van der Waals surface area contributed by atoms with Gasteiger partial charge in [0.05, 0.1) is 0 Å². The zero-order valence-electron chi connectivity index (χ0n) is 11.0. The Bertz CT molecular complexity index is 449. The smallest absolute Gasteiger partial charge is 0.271 e. The lowest BCUT2D eigenvalue weighted by molar-refractivity contribution is -0.114. The van der Waals surface area contributed by atoms with Gasteiger partial charge in [-0.3, -0.25) is 9.59 Å². The number of anilines is 1. The van der Waals surface area contributed by atoms with E-state index in [2.05, 4.69) is 20.9 Å². The van der Waals surface area contributed by atoms with Crippen molar-refractivity contribution in [1.29, 1.82) is 0 Å². The van der Waals surface area contributed by atoms with Crippen LogP contribution in [0.3, 0.4) is 0 Å². The van der Waals surface area contributed by atoms with Crippen molar-refractivity contribution in [2.75, 3.05) is 18.4 Å². The molecule has 0 aliphatic carbocycles. The fourth-order valence-corrected chi connectivity index (χ4v) is 2.56. The number of nitrogens with zero attached hydrogens (tertiary/aromatic N) is 1. The highest BCUT2D eigenvalue weighted by Gasteiger charge is 2.18. The highest BCUT2D eigenvalue weighted by Crippen LogP contribution is 2.15. The Morgan fingerprint density at radius 2 is 2.20 bits per heavy atom. The minimum atomic E-state index is -0.187. The molecule has 1 atom stereocenters. The second-order valence-corrected chi connectivity index (χ2v) is 5.09. The SMILES string of the molecule is CC(=O)Nc1nc(C(=O)N[C@H]2CCCNC2)cs1.Cl.Cl. The van der Waals surface area contributed by atoms with E-state index >= 15 is 0 Å². The van der Waals surface area contributed by atoms with Crippen LogP contribution in [0.2, 0.25) is 0 Å². The van der Waals surface area contributed by atoms with Crippen molar-refractivity contribution in [1.82, 2.24) is 15.6 Å². The molecule has 0 radical (unpaired) electrons. The second-order valence-electron chi connectivity index (χ2n) is 4.24. The van der Waals surface area contributed by atoms with Crippen LogP contribution in [0.15, 0.2) is 5.38 Å². The zero-order valence-corrected chi connectivity index (χ0v) is 13.4. The maximum atomic E-state index is 11.9. The first-order valence-corrected chi connectivity index (χ1v) is 6.78. The van der Waals surface area contributed by atoms with Crippen molar-refractivity contribution in [3.05, 3.63) is 11.1 Å². The van der Waals surface area contributed by atoms with E-state index in [0.717, 1.165) is 25.9 Å². The Morgan fingerprint density at radius 1 is 1.45 bits per heavy atom. The van der Waals surface area contributed by atoms with Gasteiger partial charge in [0, 0.05) is 24.9 Å². The van der Waals surface area contributed by atoms with E-state index in [1.54, 1.807) is 5.38 Å². The van der Waals surface area contributed by atoms with Gasteiger partial charge < -0.3 is 16.0 Å². The average molecular weight is 341 g/mol. The van der Waals surface area contributed by atoms with Gasteiger partial charge in [0.1, 0.15) is 5.69 Å². The van der Waals surface area contributed by atoms with E-state index in [0.29, 0.717) is 10.8 Å². The fourth-order valence-electron chi connectivity index (χ4n) is 1.82. The summed E-state index contributed by atoms with van der Waals surface area (Å²) < 4.78 is 0. The van der Waals surface area contributed by atoms with Crippen LogP contribution in [-0.4, -0.2) is 35.9 Å². The molecule has 114 valence electrons. The highest BCUT2D eigenvalue weighted by molar-refractivity contribution is 7.14. The second kappa shape index (κ2) is 9.12. The van der Waals surface area contributed by atoms with E-state index in [9.17, 15) is 9.59 Å². The van der Waals surface area contributed by atoms with E-state index in [1.807, 2.05) is 0 Å². The molecule has 1 aliphatic rings. The lowest BCUT2D eigenvalue weighted by Gasteiger charge is -2.23. The molecule has 2 amide bonds. The van der Waals surface area contributed by atoms with Crippen molar-refractivity contribution in [3.8, 4) is 0 Å². The van der Waals surface area contributed by atoms with Gasteiger partial charge >= 0.3 is 0 Å². The summed E-state index contributed by atoms with van der Waals surface area (Å²) in [6.07, 6.45) is 2.06. The van der Waals surface area contributed by atoms with E-state index < -0.39 is 0 Å². The summed E-state index contributed by atoms with van der Waals surface area (Å²) >= 11 is 1.25. The molecule has 0 saturated carbocycles. The van der Waals surface area contributed by atoms with Crippen LogP contribution < -0.4 is 16.0 Å². The van der Waals surface area contributed by atoms with Crippen molar-refractivity contribution >= 4 is 53.1 Å². The third-order valence-corrected chi connectivity index (χ3v) is 3.41. The van der Waals surface area contributed by atoms with Crippen molar-refractivity contribution in [2.45, 2.75) is 25.8 Å². The van der Waals surface area contributed by atoms with Crippen molar-refractivity contribution in [2.24, 2.45) is 0 Å². The summed E-state index contributed by atoms with van der Waals surface area (Å²) in [5.41, 5.74) is 0.356. The number of halogens is 2. The molecule has 1 aromatic rings. The number of carbonyl (C=O) groups is 2. The minimum Gasteiger partial charge on any atom is -0.347 e. The number of carbonyl (C=O) groups excluding carboxylic acids is 2. The predicted octanol–water partition coefficient (Wildman–Crippen LogP) is 1.43. The van der Waals surface area contributed by atoms with Gasteiger partial charge in [-0.15, -0.1) is 36.2 Å². The lowest BCUT2D eigenvalue weighted by atomic mass is 10.1. The molecule has 0 spiro atoms. The van der Waals surface area contributed by atoms with Gasteiger partial charge in [0.2, 0.25) is 5.91 Å². The monoisotopic (exact) mass is 340 g/mol. The Kier molecular flexibility index (Phi) is 8.71. The molecule has 1 aromatic heterocycles. The predicted molar refractivity (Wildman–Crippen MR) is 84.3 cm³/mol. The first-order valence-electron chi connectivity index (χ1n) is 5.90. The molecule has 2 rings (SSSR count). The highest BCUT2D eigenvalue weighted by atomic mass is 35.5. The van der Waals surface area contributed by atoms with E-state index in [1.165, 1.54) is 18.3 Å². The summed E-state index contributed by atoms with van der Waals surface area (Å²) in [5, 5.41) is 10.8. The molecular weight excluding hydrogens is 323 g/mol. The number of rotatable bonds is 3. The van der Waals surface area contributed by atoms with Crippen LogP contribution in [0, 0.1) is 0 Å². The molecule has 3 N–H and O–H groups in total. The summed E-state index contributed by atoms with van der Waals surface area (Å²) in [6.45, 7) is 3.22. The summed E-state index contributed by atoms with van der Waals surface area (Å²) in [5.74, 6) is -0.371. The first kappa shape index (κ1) is 19.1. The Labute approximate surface area is 133 Å². The summed E-state index contributed by atoms with van der Waals surface area (Å²) in [6, 6.07) is 0.164. The third kappa shape index (κ3) is 5.62. The fraction of sp³-hybridized carbons (Fsp3) is 0.545. The Morgan fingerprint density at radius 3 is 2.80 bits per heavy atom. The van der Waals surface area contributed by atoms with E-state index in [4.69, 9.17) is 0 Å². The van der Waals surface area contributed by atoms with Crippen LogP contribution in [-0.2, 0) is 4.79 Å². The van der Waals surface area contributed by atoms with Crippen molar-refractivity contribution in [3.63, 3.8) is 0 Å². The van der Waals surface area contributed by atoms with Crippen LogP contribution in [0.25, 0.3) is 0 Å². The molecule has 20 heavy (non-hydrogen) atoms. The number of hydrogen-bond donors (Lipinski definition) is 3. The molecule has 1 aliphatic heterocycles. The van der Waals surface area contributed by atoms with Gasteiger partial charge in [0.25, 0.3) is 5.91 Å². The van der Waals surface area contributed by atoms with Crippen LogP contribution in [0.4, 0.5) is 5.13 Å². The molecule has 1 saturated heterocycles. The van der Waals surface area contributed by atoms with Crippen LogP contribution in [0.5, 0.6) is 0 Å².